The predicted molar refractivity (Wildman–Crippen MR) is 234 cm³/mol. The number of rotatable bonds is 4. The largest absolute Gasteiger partial charge is 0.309 e. The molecule has 0 N–H and O–H groups in total. The molecule has 0 aromatic heterocycles. The summed E-state index contributed by atoms with van der Waals surface area (Å²) in [5, 5.41) is 7.72. The summed E-state index contributed by atoms with van der Waals surface area (Å²) < 4.78 is 0. The van der Waals surface area contributed by atoms with Crippen LogP contribution in [0.1, 0.15) is 49.9 Å². The van der Waals surface area contributed by atoms with Crippen molar-refractivity contribution in [2.24, 2.45) is 0 Å². The lowest BCUT2D eigenvalue weighted by atomic mass is 9.82. The molecular weight excluding hydrogens is 663 g/mol. The smallest absolute Gasteiger partial charge is 0.0543 e. The highest BCUT2D eigenvalue weighted by Crippen LogP contribution is 2.58. The Balaban J connectivity index is 1.15. The van der Waals surface area contributed by atoms with Crippen LogP contribution in [0.25, 0.3) is 65.7 Å². The minimum Gasteiger partial charge on any atom is -0.309 e. The first kappa shape index (κ1) is 32.0. The molecule has 0 bridgehead atoms. The van der Waals surface area contributed by atoms with Crippen LogP contribution in [-0.4, -0.2) is 0 Å². The summed E-state index contributed by atoms with van der Waals surface area (Å²) in [5.74, 6) is 0. The average molecular weight is 704 g/mol. The van der Waals surface area contributed by atoms with Gasteiger partial charge in [-0.05, 0) is 107 Å². The van der Waals surface area contributed by atoms with Gasteiger partial charge in [0.05, 0.1) is 11.4 Å². The zero-order chi connectivity index (χ0) is 37.1. The van der Waals surface area contributed by atoms with Crippen LogP contribution >= 0.6 is 0 Å². The van der Waals surface area contributed by atoms with E-state index >= 15 is 0 Å². The van der Waals surface area contributed by atoms with Gasteiger partial charge in [0, 0.05) is 27.6 Å². The molecule has 0 fully saturated rings. The van der Waals surface area contributed by atoms with E-state index in [1.165, 1.54) is 99.3 Å². The Morgan fingerprint density at radius 1 is 0.364 bits per heavy atom. The molecule has 0 aliphatic heterocycles. The van der Waals surface area contributed by atoms with Gasteiger partial charge in [-0.1, -0.05) is 173 Å². The molecule has 9 aromatic rings. The molecule has 262 valence electrons. The minimum atomic E-state index is -0.104. The van der Waals surface area contributed by atoms with E-state index in [0.29, 0.717) is 0 Å². The van der Waals surface area contributed by atoms with E-state index in [-0.39, 0.29) is 10.8 Å². The number of fused-ring (bicyclic) bond motifs is 11. The first-order valence-electron chi connectivity index (χ1n) is 19.5. The zero-order valence-corrected chi connectivity index (χ0v) is 31.7. The monoisotopic (exact) mass is 703 g/mol. The molecule has 55 heavy (non-hydrogen) atoms. The third kappa shape index (κ3) is 4.47. The highest BCUT2D eigenvalue weighted by Gasteiger charge is 2.40. The van der Waals surface area contributed by atoms with Crippen molar-refractivity contribution >= 4 is 49.4 Å². The van der Waals surface area contributed by atoms with Gasteiger partial charge in [0.1, 0.15) is 0 Å². The molecule has 9 aromatic carbocycles. The summed E-state index contributed by atoms with van der Waals surface area (Å²) in [6.07, 6.45) is 0. The second-order valence-electron chi connectivity index (χ2n) is 16.5. The summed E-state index contributed by atoms with van der Waals surface area (Å²) in [6, 6.07) is 65.8. The lowest BCUT2D eigenvalue weighted by Gasteiger charge is -2.31. The molecule has 1 nitrogen and oxygen atoms in total. The van der Waals surface area contributed by atoms with E-state index in [4.69, 9.17) is 0 Å². The summed E-state index contributed by atoms with van der Waals surface area (Å²) in [7, 11) is 0. The molecule has 0 amide bonds. The van der Waals surface area contributed by atoms with Gasteiger partial charge >= 0.3 is 0 Å². The molecule has 0 spiro atoms. The van der Waals surface area contributed by atoms with Crippen LogP contribution in [0, 0.1) is 0 Å². The van der Waals surface area contributed by atoms with E-state index in [1.54, 1.807) is 0 Å². The SMILES string of the molecule is CC1(C)c2ccccc2-c2c(N(c3ccc(-c4cc5ccc6ccccc6c5c5ccccc45)cc3)c3cccc4c3-c3ccccc3C4(C)C)cccc21. The van der Waals surface area contributed by atoms with Gasteiger partial charge < -0.3 is 4.90 Å². The van der Waals surface area contributed by atoms with Gasteiger partial charge in [-0.25, -0.2) is 0 Å². The van der Waals surface area contributed by atoms with Crippen molar-refractivity contribution in [2.75, 3.05) is 4.90 Å². The molecule has 0 radical (unpaired) electrons. The van der Waals surface area contributed by atoms with E-state index < -0.39 is 0 Å². The Hall–Kier alpha value is -6.44. The normalized spacial score (nSPS) is 14.5. The van der Waals surface area contributed by atoms with Crippen molar-refractivity contribution in [1.29, 1.82) is 0 Å². The van der Waals surface area contributed by atoms with Crippen molar-refractivity contribution < 1.29 is 0 Å². The summed E-state index contributed by atoms with van der Waals surface area (Å²) in [5.41, 5.74) is 16.6. The Labute approximate surface area is 323 Å². The quantitative estimate of drug-likeness (QED) is 0.165. The van der Waals surface area contributed by atoms with Crippen LogP contribution in [0.4, 0.5) is 17.1 Å². The molecule has 0 saturated carbocycles. The molecule has 2 aliphatic rings. The van der Waals surface area contributed by atoms with Crippen molar-refractivity contribution in [2.45, 2.75) is 38.5 Å². The first-order chi connectivity index (χ1) is 26.8. The maximum atomic E-state index is 2.54. The van der Waals surface area contributed by atoms with E-state index in [2.05, 4.69) is 209 Å². The Morgan fingerprint density at radius 3 is 1.47 bits per heavy atom. The first-order valence-corrected chi connectivity index (χ1v) is 19.5. The molecule has 0 atom stereocenters. The van der Waals surface area contributed by atoms with Crippen LogP contribution in [-0.2, 0) is 10.8 Å². The van der Waals surface area contributed by atoms with Crippen molar-refractivity contribution in [1.82, 2.24) is 0 Å². The van der Waals surface area contributed by atoms with E-state index in [9.17, 15) is 0 Å². The van der Waals surface area contributed by atoms with Crippen molar-refractivity contribution in [3.63, 3.8) is 0 Å². The predicted octanol–water partition coefficient (Wildman–Crippen LogP) is 14.9. The molecule has 0 saturated heterocycles. The second-order valence-corrected chi connectivity index (χ2v) is 16.5. The number of benzene rings is 9. The van der Waals surface area contributed by atoms with Gasteiger partial charge in [0.25, 0.3) is 0 Å². The highest BCUT2D eigenvalue weighted by molar-refractivity contribution is 6.23. The molecule has 0 heterocycles. The fourth-order valence-corrected chi connectivity index (χ4v) is 10.2. The van der Waals surface area contributed by atoms with Crippen molar-refractivity contribution in [3.05, 3.63) is 198 Å². The lowest BCUT2D eigenvalue weighted by molar-refractivity contribution is 0.660. The van der Waals surface area contributed by atoms with Crippen LogP contribution in [0.5, 0.6) is 0 Å². The maximum Gasteiger partial charge on any atom is 0.0543 e. The highest BCUT2D eigenvalue weighted by atomic mass is 15.1. The third-order valence-electron chi connectivity index (χ3n) is 12.8. The topological polar surface area (TPSA) is 3.24 Å². The van der Waals surface area contributed by atoms with Crippen LogP contribution in [0.3, 0.4) is 0 Å². The Morgan fingerprint density at radius 2 is 0.855 bits per heavy atom. The maximum absolute atomic E-state index is 2.54. The standard InChI is InChI=1S/C54H41N/c1-53(2)44-21-11-9-19-41(44)51-46(53)23-13-25-48(51)55(49-26-14-24-47-52(49)42-20-10-12-22-45(42)54(47,3)4)37-31-29-35(30-32-37)43-33-36-28-27-34-15-5-6-16-38(34)50(36)40-18-8-7-17-39(40)43/h5-33H,1-4H3. The number of hydrogen-bond acceptors (Lipinski definition) is 1. The number of nitrogens with zero attached hydrogens (tertiary/aromatic N) is 1. The Kier molecular flexibility index (Phi) is 6.72. The molecule has 2 aliphatic carbocycles. The lowest BCUT2D eigenvalue weighted by Crippen LogP contribution is -2.17. The minimum absolute atomic E-state index is 0.104. The second kappa shape index (κ2) is 11.5. The fourth-order valence-electron chi connectivity index (χ4n) is 10.2. The van der Waals surface area contributed by atoms with Crippen LogP contribution < -0.4 is 4.90 Å². The van der Waals surface area contributed by atoms with Gasteiger partial charge in [-0.2, -0.15) is 0 Å². The molecule has 11 rings (SSSR count). The molecular formula is C54H41N. The summed E-state index contributed by atoms with van der Waals surface area (Å²) >= 11 is 0. The van der Waals surface area contributed by atoms with Crippen molar-refractivity contribution in [3.8, 4) is 33.4 Å². The van der Waals surface area contributed by atoms with Crippen LogP contribution in [0.2, 0.25) is 0 Å². The summed E-state index contributed by atoms with van der Waals surface area (Å²) in [6.45, 7) is 9.49. The number of anilines is 3. The fraction of sp³-hybridized carbons (Fsp3) is 0.111. The average Bonchev–Trinajstić information content (AvgIpc) is 3.61. The van der Waals surface area contributed by atoms with E-state index in [0.717, 1.165) is 5.69 Å². The molecule has 0 unspecified atom stereocenters. The van der Waals surface area contributed by atoms with Crippen LogP contribution in [0.15, 0.2) is 176 Å². The number of hydrogen-bond donors (Lipinski definition) is 0. The zero-order valence-electron chi connectivity index (χ0n) is 31.7. The third-order valence-corrected chi connectivity index (χ3v) is 12.8. The molecule has 1 heteroatoms. The Bertz CT molecular complexity index is 2930. The van der Waals surface area contributed by atoms with Gasteiger partial charge in [0.15, 0.2) is 0 Å². The van der Waals surface area contributed by atoms with Gasteiger partial charge in [0.2, 0.25) is 0 Å². The van der Waals surface area contributed by atoms with E-state index in [1.807, 2.05) is 0 Å². The van der Waals surface area contributed by atoms with Gasteiger partial charge in [-0.15, -0.1) is 0 Å². The summed E-state index contributed by atoms with van der Waals surface area (Å²) in [4.78, 5) is 2.54. The van der Waals surface area contributed by atoms with Gasteiger partial charge in [-0.3, -0.25) is 0 Å².